The summed E-state index contributed by atoms with van der Waals surface area (Å²) in [5.41, 5.74) is 2.04. The highest BCUT2D eigenvalue weighted by molar-refractivity contribution is 7.89. The minimum atomic E-state index is -3.62. The van der Waals surface area contributed by atoms with Crippen LogP contribution in [-0.2, 0) is 14.8 Å². The van der Waals surface area contributed by atoms with Gasteiger partial charge < -0.3 is 5.32 Å². The number of aryl methyl sites for hydroxylation is 1. The van der Waals surface area contributed by atoms with Crippen molar-refractivity contribution >= 4 is 32.4 Å². The smallest absolute Gasteiger partial charge is 0.240 e. The third kappa shape index (κ3) is 5.19. The maximum absolute atomic E-state index is 12.1. The number of nitrogens with zero attached hydrogens (tertiary/aromatic N) is 2. The number of sulfonamides is 1. The number of amides is 1. The number of carbonyl (C=O) groups is 1. The van der Waals surface area contributed by atoms with Crippen LogP contribution in [0.15, 0.2) is 59.5 Å². The Balaban J connectivity index is 1.53. The fraction of sp³-hybridized carbons (Fsp3) is 0.167. The standard InChI is InChI=1S/C18H18N4O3S2/c1-13-6-5-7-14(12-13)17-21-22-18(26-17)20-16(23)10-11-19-27(24,25)15-8-3-2-4-9-15/h2-9,12,19H,10-11H2,1H3,(H,20,22,23). The van der Waals surface area contributed by atoms with Crippen molar-refractivity contribution in [3.63, 3.8) is 0 Å². The monoisotopic (exact) mass is 402 g/mol. The highest BCUT2D eigenvalue weighted by Gasteiger charge is 2.14. The molecule has 0 saturated heterocycles. The molecule has 2 N–H and O–H groups in total. The molecule has 1 aromatic heterocycles. The van der Waals surface area contributed by atoms with E-state index in [9.17, 15) is 13.2 Å². The van der Waals surface area contributed by atoms with Crippen LogP contribution in [0.2, 0.25) is 0 Å². The van der Waals surface area contributed by atoms with E-state index in [-0.39, 0.29) is 23.8 Å². The van der Waals surface area contributed by atoms with E-state index in [4.69, 9.17) is 0 Å². The fourth-order valence-corrected chi connectivity index (χ4v) is 4.14. The summed E-state index contributed by atoms with van der Waals surface area (Å²) < 4.78 is 26.6. The van der Waals surface area contributed by atoms with Gasteiger partial charge in [-0.3, -0.25) is 4.79 Å². The summed E-state index contributed by atoms with van der Waals surface area (Å²) in [6.07, 6.45) is -0.00851. The normalized spacial score (nSPS) is 11.3. The molecule has 0 fully saturated rings. The van der Waals surface area contributed by atoms with Crippen molar-refractivity contribution in [3.05, 3.63) is 60.2 Å². The van der Waals surface area contributed by atoms with E-state index >= 15 is 0 Å². The summed E-state index contributed by atoms with van der Waals surface area (Å²) in [5, 5.41) is 11.8. The molecule has 27 heavy (non-hydrogen) atoms. The molecule has 1 heterocycles. The molecule has 9 heteroatoms. The van der Waals surface area contributed by atoms with E-state index in [1.807, 2.05) is 31.2 Å². The molecule has 7 nitrogen and oxygen atoms in total. The number of hydrogen-bond acceptors (Lipinski definition) is 6. The summed E-state index contributed by atoms with van der Waals surface area (Å²) in [6, 6.07) is 15.9. The first kappa shape index (κ1) is 19.2. The molecule has 0 aliphatic heterocycles. The van der Waals surface area contributed by atoms with Gasteiger partial charge in [-0.1, -0.05) is 53.3 Å². The third-order valence-electron chi connectivity index (χ3n) is 3.63. The third-order valence-corrected chi connectivity index (χ3v) is 6.00. The van der Waals surface area contributed by atoms with Crippen LogP contribution in [0.1, 0.15) is 12.0 Å². The van der Waals surface area contributed by atoms with Gasteiger partial charge in [-0.15, -0.1) is 10.2 Å². The van der Waals surface area contributed by atoms with Gasteiger partial charge in [0.2, 0.25) is 21.1 Å². The Hall–Kier alpha value is -2.62. The molecular weight excluding hydrogens is 384 g/mol. The van der Waals surface area contributed by atoms with Crippen molar-refractivity contribution in [3.8, 4) is 10.6 Å². The first-order valence-electron chi connectivity index (χ1n) is 8.19. The maximum atomic E-state index is 12.1. The number of nitrogens with one attached hydrogen (secondary N) is 2. The number of carbonyl (C=O) groups excluding carboxylic acids is 1. The molecule has 0 radical (unpaired) electrons. The highest BCUT2D eigenvalue weighted by atomic mass is 32.2. The molecule has 140 valence electrons. The predicted molar refractivity (Wildman–Crippen MR) is 105 cm³/mol. The van der Waals surface area contributed by atoms with Gasteiger partial charge in [0, 0.05) is 18.5 Å². The number of hydrogen-bond donors (Lipinski definition) is 2. The Morgan fingerprint density at radius 2 is 1.85 bits per heavy atom. The molecule has 0 unspecified atom stereocenters. The number of aromatic nitrogens is 2. The van der Waals surface area contributed by atoms with Crippen LogP contribution < -0.4 is 10.0 Å². The van der Waals surface area contributed by atoms with E-state index < -0.39 is 10.0 Å². The van der Waals surface area contributed by atoms with Crippen LogP contribution in [-0.4, -0.2) is 31.1 Å². The number of benzene rings is 2. The van der Waals surface area contributed by atoms with Crippen LogP contribution in [0.4, 0.5) is 5.13 Å². The zero-order valence-electron chi connectivity index (χ0n) is 14.5. The molecule has 2 aromatic carbocycles. The molecule has 3 rings (SSSR count). The Kier molecular flexibility index (Phi) is 5.94. The van der Waals surface area contributed by atoms with E-state index in [0.29, 0.717) is 10.1 Å². The van der Waals surface area contributed by atoms with Crippen molar-refractivity contribution in [1.29, 1.82) is 0 Å². The Morgan fingerprint density at radius 1 is 1.07 bits per heavy atom. The Labute approximate surface area is 161 Å². The largest absolute Gasteiger partial charge is 0.300 e. The zero-order valence-corrected chi connectivity index (χ0v) is 16.2. The molecule has 0 saturated carbocycles. The van der Waals surface area contributed by atoms with Crippen LogP contribution >= 0.6 is 11.3 Å². The van der Waals surface area contributed by atoms with Crippen molar-refractivity contribution < 1.29 is 13.2 Å². The predicted octanol–water partition coefficient (Wildman–Crippen LogP) is 2.82. The van der Waals surface area contributed by atoms with Crippen LogP contribution in [0.5, 0.6) is 0 Å². The van der Waals surface area contributed by atoms with E-state index in [2.05, 4.69) is 20.2 Å². The SMILES string of the molecule is Cc1cccc(-c2nnc(NC(=O)CCNS(=O)(=O)c3ccccc3)s2)c1. The van der Waals surface area contributed by atoms with Crippen LogP contribution in [0, 0.1) is 6.92 Å². The summed E-state index contributed by atoms with van der Waals surface area (Å²) in [5.74, 6) is -0.335. The molecular formula is C18H18N4O3S2. The lowest BCUT2D eigenvalue weighted by Crippen LogP contribution is -2.27. The van der Waals surface area contributed by atoms with E-state index in [1.165, 1.54) is 23.5 Å². The molecule has 0 spiro atoms. The minimum absolute atomic E-state index is 0.00734. The lowest BCUT2D eigenvalue weighted by Gasteiger charge is -2.06. The highest BCUT2D eigenvalue weighted by Crippen LogP contribution is 2.26. The van der Waals surface area contributed by atoms with Gasteiger partial charge in [0.15, 0.2) is 0 Å². The Bertz CT molecular complexity index is 1030. The van der Waals surface area contributed by atoms with Gasteiger partial charge in [-0.05, 0) is 25.1 Å². The molecule has 0 aliphatic rings. The molecule has 0 bridgehead atoms. The van der Waals surface area contributed by atoms with E-state index in [1.54, 1.807) is 18.2 Å². The first-order chi connectivity index (χ1) is 12.9. The van der Waals surface area contributed by atoms with Crippen molar-refractivity contribution in [2.24, 2.45) is 0 Å². The van der Waals surface area contributed by atoms with Gasteiger partial charge in [-0.2, -0.15) is 0 Å². The lowest BCUT2D eigenvalue weighted by molar-refractivity contribution is -0.116. The summed E-state index contributed by atoms with van der Waals surface area (Å²) in [7, 11) is -3.62. The fourth-order valence-electron chi connectivity index (χ4n) is 2.33. The topological polar surface area (TPSA) is 101 Å². The zero-order chi connectivity index (χ0) is 19.3. The Morgan fingerprint density at radius 3 is 2.59 bits per heavy atom. The van der Waals surface area contributed by atoms with Crippen molar-refractivity contribution in [2.75, 3.05) is 11.9 Å². The lowest BCUT2D eigenvalue weighted by atomic mass is 10.1. The van der Waals surface area contributed by atoms with Gasteiger partial charge in [-0.25, -0.2) is 13.1 Å². The second kappa shape index (κ2) is 8.38. The maximum Gasteiger partial charge on any atom is 0.240 e. The van der Waals surface area contributed by atoms with Crippen molar-refractivity contribution in [1.82, 2.24) is 14.9 Å². The number of rotatable bonds is 7. The van der Waals surface area contributed by atoms with Gasteiger partial charge in [0.25, 0.3) is 0 Å². The van der Waals surface area contributed by atoms with Crippen LogP contribution in [0.25, 0.3) is 10.6 Å². The number of anilines is 1. The summed E-state index contributed by atoms with van der Waals surface area (Å²) in [6.45, 7) is 1.98. The van der Waals surface area contributed by atoms with Crippen molar-refractivity contribution in [2.45, 2.75) is 18.2 Å². The molecule has 1 amide bonds. The van der Waals surface area contributed by atoms with Gasteiger partial charge in [0.05, 0.1) is 4.90 Å². The van der Waals surface area contributed by atoms with Crippen LogP contribution in [0.3, 0.4) is 0 Å². The molecule has 0 aliphatic carbocycles. The molecule has 0 atom stereocenters. The van der Waals surface area contributed by atoms with E-state index in [0.717, 1.165) is 11.1 Å². The first-order valence-corrected chi connectivity index (χ1v) is 10.5. The summed E-state index contributed by atoms with van der Waals surface area (Å²) in [4.78, 5) is 12.2. The second-order valence-electron chi connectivity index (χ2n) is 5.79. The quantitative estimate of drug-likeness (QED) is 0.633. The average Bonchev–Trinajstić information content (AvgIpc) is 3.11. The van der Waals surface area contributed by atoms with Gasteiger partial charge >= 0.3 is 0 Å². The second-order valence-corrected chi connectivity index (χ2v) is 8.54. The molecule has 3 aromatic rings. The average molecular weight is 403 g/mol. The summed E-state index contributed by atoms with van der Waals surface area (Å²) >= 11 is 1.27. The minimum Gasteiger partial charge on any atom is -0.300 e. The van der Waals surface area contributed by atoms with Gasteiger partial charge in [0.1, 0.15) is 5.01 Å².